The molecule has 0 saturated heterocycles. The summed E-state index contributed by atoms with van der Waals surface area (Å²) >= 11 is 0. The Hall–Kier alpha value is -1.28. The van der Waals surface area contributed by atoms with E-state index in [9.17, 15) is 8.42 Å². The third-order valence-electron chi connectivity index (χ3n) is 2.26. The Labute approximate surface area is 94.2 Å². The molecule has 8 heteroatoms. The minimum Gasteiger partial charge on any atom is -0.394 e. The highest BCUT2D eigenvalue weighted by Crippen LogP contribution is 2.15. The van der Waals surface area contributed by atoms with E-state index >= 15 is 0 Å². The minimum absolute atomic E-state index is 0.0310. The number of nitrogens with zero attached hydrogens (tertiary/aromatic N) is 2. The fraction of sp³-hybridized carbons (Fsp3) is 0.625. The van der Waals surface area contributed by atoms with E-state index in [0.717, 1.165) is 0 Å². The Morgan fingerprint density at radius 1 is 1.56 bits per heavy atom. The number of nitrogen functional groups attached to an aromatic ring is 2. The van der Waals surface area contributed by atoms with Crippen LogP contribution in [0.25, 0.3) is 0 Å². The summed E-state index contributed by atoms with van der Waals surface area (Å²) in [6.07, 6.45) is 1.79. The van der Waals surface area contributed by atoms with Crippen LogP contribution in [0, 0.1) is 5.92 Å². The maximum Gasteiger partial charge on any atom is 0.264 e. The Morgan fingerprint density at radius 3 is 2.62 bits per heavy atom. The molecule has 0 aromatic carbocycles. The second-order valence-electron chi connectivity index (χ2n) is 3.85. The zero-order valence-corrected chi connectivity index (χ0v) is 9.81. The molecule has 1 unspecified atom stereocenters. The normalized spacial score (nSPS) is 13.9. The highest BCUT2D eigenvalue weighted by Gasteiger charge is 2.12. The quantitative estimate of drug-likeness (QED) is 0.628. The summed E-state index contributed by atoms with van der Waals surface area (Å²) in [6, 6.07) is 0. The van der Waals surface area contributed by atoms with Crippen LogP contribution in [0.3, 0.4) is 0 Å². The first-order valence-corrected chi connectivity index (χ1v) is 6.42. The first-order valence-electron chi connectivity index (χ1n) is 4.81. The molecule has 1 heterocycles. The van der Waals surface area contributed by atoms with Crippen LogP contribution >= 0.6 is 0 Å². The monoisotopic (exact) mass is 248 g/mol. The lowest BCUT2D eigenvalue weighted by Gasteiger charge is -2.11. The van der Waals surface area contributed by atoms with Gasteiger partial charge in [0.15, 0.2) is 0 Å². The van der Waals surface area contributed by atoms with Crippen molar-refractivity contribution in [1.29, 1.82) is 0 Å². The summed E-state index contributed by atoms with van der Waals surface area (Å²) in [7, 11) is -3.90. The van der Waals surface area contributed by atoms with Crippen molar-refractivity contribution in [3.8, 4) is 0 Å². The highest BCUT2D eigenvalue weighted by atomic mass is 32.2. The smallest absolute Gasteiger partial charge is 0.264 e. The van der Waals surface area contributed by atoms with Gasteiger partial charge in [-0.15, -0.1) is 0 Å². The number of hydrogen-bond donors (Lipinski definition) is 3. The van der Waals surface area contributed by atoms with Crippen LogP contribution in [0.15, 0.2) is 6.20 Å². The molecule has 0 radical (unpaired) electrons. The summed E-state index contributed by atoms with van der Waals surface area (Å²) < 4.78 is 31.2. The van der Waals surface area contributed by atoms with E-state index in [1.54, 1.807) is 0 Å². The van der Waals surface area contributed by atoms with E-state index in [1.165, 1.54) is 10.9 Å². The van der Waals surface area contributed by atoms with E-state index in [2.05, 4.69) is 5.10 Å². The molecule has 1 atom stereocenters. The lowest BCUT2D eigenvalue weighted by atomic mass is 10.1. The van der Waals surface area contributed by atoms with Crippen LogP contribution in [0.2, 0.25) is 0 Å². The van der Waals surface area contributed by atoms with Crippen molar-refractivity contribution >= 4 is 21.6 Å². The van der Waals surface area contributed by atoms with E-state index in [1.807, 2.05) is 6.92 Å². The Kier molecular flexibility index (Phi) is 3.76. The fourth-order valence-corrected chi connectivity index (χ4v) is 1.99. The largest absolute Gasteiger partial charge is 0.394 e. The number of hydrogen-bond acceptors (Lipinski definition) is 5. The van der Waals surface area contributed by atoms with Crippen molar-refractivity contribution in [2.24, 2.45) is 5.92 Å². The standard InChI is InChI=1S/C8H16N4O3S/c1-6(2-3-16(13,14)15)5-12-8(10)7(9)4-11-12/h4,6H,2-3,5,9-10H2,1H3,(H,13,14,15). The van der Waals surface area contributed by atoms with Crippen LogP contribution in [-0.2, 0) is 16.7 Å². The molecule has 0 amide bonds. The average molecular weight is 248 g/mol. The molecule has 0 aliphatic rings. The van der Waals surface area contributed by atoms with Gasteiger partial charge in [0.1, 0.15) is 5.82 Å². The number of aromatic nitrogens is 2. The van der Waals surface area contributed by atoms with Crippen molar-refractivity contribution < 1.29 is 13.0 Å². The van der Waals surface area contributed by atoms with Gasteiger partial charge in [0.05, 0.1) is 17.6 Å². The second kappa shape index (κ2) is 4.71. The third-order valence-corrected chi connectivity index (χ3v) is 3.01. The van der Waals surface area contributed by atoms with Crippen molar-refractivity contribution in [3.05, 3.63) is 6.20 Å². The minimum atomic E-state index is -3.90. The Bertz CT molecular complexity index is 454. The lowest BCUT2D eigenvalue weighted by molar-refractivity contribution is 0.429. The summed E-state index contributed by atoms with van der Waals surface area (Å²) in [4.78, 5) is 0. The molecule has 1 aromatic heterocycles. The fourth-order valence-electron chi connectivity index (χ4n) is 1.29. The number of anilines is 2. The van der Waals surface area contributed by atoms with Gasteiger partial charge >= 0.3 is 0 Å². The molecule has 1 rings (SSSR count). The summed E-state index contributed by atoms with van der Waals surface area (Å²) in [5, 5.41) is 3.95. The zero-order valence-electron chi connectivity index (χ0n) is 9.00. The predicted octanol–water partition coefficient (Wildman–Crippen LogP) is -0.0385. The van der Waals surface area contributed by atoms with Gasteiger partial charge in [-0.1, -0.05) is 6.92 Å². The lowest BCUT2D eigenvalue weighted by Crippen LogP contribution is -2.15. The topological polar surface area (TPSA) is 124 Å². The van der Waals surface area contributed by atoms with E-state index in [0.29, 0.717) is 24.5 Å². The molecule has 16 heavy (non-hydrogen) atoms. The summed E-state index contributed by atoms with van der Waals surface area (Å²) in [5.41, 5.74) is 11.6. The molecule has 0 saturated carbocycles. The molecule has 92 valence electrons. The molecule has 0 aliphatic heterocycles. The Balaban J connectivity index is 2.52. The van der Waals surface area contributed by atoms with Crippen LogP contribution in [0.1, 0.15) is 13.3 Å². The van der Waals surface area contributed by atoms with E-state index in [4.69, 9.17) is 16.0 Å². The second-order valence-corrected chi connectivity index (χ2v) is 5.42. The maximum atomic E-state index is 10.5. The van der Waals surface area contributed by atoms with Gasteiger partial charge in [-0.25, -0.2) is 4.68 Å². The first kappa shape index (κ1) is 12.8. The van der Waals surface area contributed by atoms with Crippen LogP contribution in [0.4, 0.5) is 11.5 Å². The predicted molar refractivity (Wildman–Crippen MR) is 61.2 cm³/mol. The highest BCUT2D eigenvalue weighted by molar-refractivity contribution is 7.85. The molecule has 0 spiro atoms. The van der Waals surface area contributed by atoms with Crippen molar-refractivity contribution in [2.45, 2.75) is 19.9 Å². The number of nitrogens with two attached hydrogens (primary N) is 2. The number of rotatable bonds is 5. The van der Waals surface area contributed by atoms with Gasteiger partial charge in [0, 0.05) is 6.54 Å². The summed E-state index contributed by atoms with van der Waals surface area (Å²) in [6.45, 7) is 2.32. The average Bonchev–Trinajstić information content (AvgIpc) is 2.46. The van der Waals surface area contributed by atoms with Crippen molar-refractivity contribution in [1.82, 2.24) is 9.78 Å². The van der Waals surface area contributed by atoms with E-state index < -0.39 is 10.1 Å². The molecule has 5 N–H and O–H groups in total. The van der Waals surface area contributed by atoms with Gasteiger partial charge in [-0.05, 0) is 12.3 Å². The van der Waals surface area contributed by atoms with Crippen LogP contribution < -0.4 is 11.5 Å². The summed E-state index contributed by atoms with van der Waals surface area (Å²) in [5.74, 6) is 0.146. The van der Waals surface area contributed by atoms with Crippen LogP contribution in [0.5, 0.6) is 0 Å². The molecule has 7 nitrogen and oxygen atoms in total. The van der Waals surface area contributed by atoms with Gasteiger partial charge in [-0.2, -0.15) is 13.5 Å². The first-order chi connectivity index (χ1) is 7.29. The molecule has 0 aliphatic carbocycles. The maximum absolute atomic E-state index is 10.5. The molecular weight excluding hydrogens is 232 g/mol. The van der Waals surface area contributed by atoms with Gasteiger partial charge in [-0.3, -0.25) is 4.55 Å². The molecule has 0 bridgehead atoms. The SMILES string of the molecule is CC(CCS(=O)(=O)O)Cn1ncc(N)c1N. The van der Waals surface area contributed by atoms with E-state index in [-0.39, 0.29) is 11.7 Å². The molecule has 0 fully saturated rings. The third kappa shape index (κ3) is 3.70. The molecular formula is C8H16N4O3S. The van der Waals surface area contributed by atoms with Gasteiger partial charge in [0.25, 0.3) is 10.1 Å². The van der Waals surface area contributed by atoms with Gasteiger partial charge in [0.2, 0.25) is 0 Å². The van der Waals surface area contributed by atoms with Gasteiger partial charge < -0.3 is 11.5 Å². The van der Waals surface area contributed by atoms with Crippen LogP contribution in [-0.4, -0.2) is 28.5 Å². The molecule has 1 aromatic rings. The Morgan fingerprint density at radius 2 is 2.19 bits per heavy atom. The van der Waals surface area contributed by atoms with Crippen molar-refractivity contribution in [2.75, 3.05) is 17.2 Å². The zero-order chi connectivity index (χ0) is 12.3. The van der Waals surface area contributed by atoms with Crippen molar-refractivity contribution in [3.63, 3.8) is 0 Å².